The van der Waals surface area contributed by atoms with Crippen LogP contribution in [-0.2, 0) is 17.7 Å². The predicted molar refractivity (Wildman–Crippen MR) is 118 cm³/mol. The maximum atomic E-state index is 6.80. The number of fused-ring (bicyclic) bond motifs is 2. The highest BCUT2D eigenvalue weighted by Crippen LogP contribution is 2.38. The summed E-state index contributed by atoms with van der Waals surface area (Å²) in [6, 6.07) is 16.7. The first-order chi connectivity index (χ1) is 14.7. The lowest BCUT2D eigenvalue weighted by Gasteiger charge is -2.32. The van der Waals surface area contributed by atoms with E-state index in [4.69, 9.17) is 14.5 Å². The number of methoxy groups -OCH3 is 1. The third kappa shape index (κ3) is 3.64. The molecule has 5 nitrogen and oxygen atoms in total. The van der Waals surface area contributed by atoms with Gasteiger partial charge in [0.05, 0.1) is 18.9 Å². The summed E-state index contributed by atoms with van der Waals surface area (Å²) in [5, 5.41) is 0. The van der Waals surface area contributed by atoms with E-state index in [2.05, 4.69) is 65.2 Å². The highest BCUT2D eigenvalue weighted by Gasteiger charge is 2.32. The summed E-state index contributed by atoms with van der Waals surface area (Å²) in [7, 11) is 3.93. The number of imidazole rings is 1. The number of rotatable bonds is 4. The van der Waals surface area contributed by atoms with Crippen molar-refractivity contribution in [3.63, 3.8) is 0 Å². The molecule has 1 saturated heterocycles. The van der Waals surface area contributed by atoms with Gasteiger partial charge >= 0.3 is 0 Å². The molecule has 3 heterocycles. The van der Waals surface area contributed by atoms with Crippen LogP contribution in [0.1, 0.15) is 35.9 Å². The molecule has 2 aliphatic heterocycles. The summed E-state index contributed by atoms with van der Waals surface area (Å²) in [5.74, 6) is 1.94. The van der Waals surface area contributed by atoms with E-state index >= 15 is 0 Å². The Balaban J connectivity index is 1.56. The van der Waals surface area contributed by atoms with E-state index in [1.165, 1.54) is 11.1 Å². The third-order valence-corrected chi connectivity index (χ3v) is 6.38. The van der Waals surface area contributed by atoms with Crippen LogP contribution in [0.5, 0.6) is 5.75 Å². The zero-order valence-electron chi connectivity index (χ0n) is 17.8. The number of aromatic nitrogens is 2. The highest BCUT2D eigenvalue weighted by atomic mass is 16.5. The van der Waals surface area contributed by atoms with Gasteiger partial charge in [-0.1, -0.05) is 42.5 Å². The molecule has 30 heavy (non-hydrogen) atoms. The normalized spacial score (nSPS) is 19.7. The topological polar surface area (TPSA) is 39.5 Å². The van der Waals surface area contributed by atoms with Gasteiger partial charge in [0.2, 0.25) is 0 Å². The first-order valence-electron chi connectivity index (χ1n) is 10.8. The second kappa shape index (κ2) is 8.25. The Morgan fingerprint density at radius 3 is 2.53 bits per heavy atom. The van der Waals surface area contributed by atoms with Gasteiger partial charge in [-0.25, -0.2) is 4.98 Å². The molecule has 2 aliphatic rings. The molecule has 0 spiro atoms. The predicted octanol–water partition coefficient (Wildman–Crippen LogP) is 4.32. The van der Waals surface area contributed by atoms with Gasteiger partial charge in [0, 0.05) is 37.0 Å². The second-order valence-corrected chi connectivity index (χ2v) is 8.34. The lowest BCUT2D eigenvalue weighted by molar-refractivity contribution is -0.0276. The molecule has 1 aromatic heterocycles. The summed E-state index contributed by atoms with van der Waals surface area (Å²) in [4.78, 5) is 7.46. The molecule has 0 amide bonds. The van der Waals surface area contributed by atoms with Crippen molar-refractivity contribution in [1.29, 1.82) is 0 Å². The van der Waals surface area contributed by atoms with Crippen molar-refractivity contribution in [1.82, 2.24) is 14.5 Å². The molecule has 0 saturated carbocycles. The third-order valence-electron chi connectivity index (χ3n) is 6.38. The Morgan fingerprint density at radius 1 is 0.967 bits per heavy atom. The Morgan fingerprint density at radius 2 is 1.77 bits per heavy atom. The molecule has 5 heteroatoms. The van der Waals surface area contributed by atoms with E-state index in [0.29, 0.717) is 0 Å². The van der Waals surface area contributed by atoms with Gasteiger partial charge in [0.15, 0.2) is 0 Å². The fourth-order valence-electron chi connectivity index (χ4n) is 4.67. The molecule has 3 aromatic rings. The molecular formula is C25H29N3O2. The van der Waals surface area contributed by atoms with Gasteiger partial charge < -0.3 is 18.9 Å². The summed E-state index contributed by atoms with van der Waals surface area (Å²) < 4.78 is 14.8. The maximum absolute atomic E-state index is 6.80. The molecule has 2 aromatic carbocycles. The lowest BCUT2D eigenvalue weighted by atomic mass is 9.98. The molecule has 1 atom stereocenters. The average Bonchev–Trinajstić information content (AvgIpc) is 3.16. The van der Waals surface area contributed by atoms with Crippen LogP contribution < -0.4 is 4.74 Å². The minimum absolute atomic E-state index is 0.177. The molecule has 5 rings (SSSR count). The Hall–Kier alpha value is -2.63. The smallest absolute Gasteiger partial charge is 0.143 e. The molecular weight excluding hydrogens is 374 g/mol. The Bertz CT molecular complexity index is 1010. The first kappa shape index (κ1) is 19.3. The molecule has 0 aliphatic carbocycles. The van der Waals surface area contributed by atoms with Crippen LogP contribution in [0, 0.1) is 0 Å². The molecule has 0 radical (unpaired) electrons. The van der Waals surface area contributed by atoms with E-state index in [0.717, 1.165) is 61.7 Å². The van der Waals surface area contributed by atoms with Crippen molar-refractivity contribution >= 4 is 0 Å². The van der Waals surface area contributed by atoms with Crippen LogP contribution in [-0.4, -0.2) is 47.8 Å². The van der Waals surface area contributed by atoms with Gasteiger partial charge in [0.1, 0.15) is 17.7 Å². The Labute approximate surface area is 178 Å². The van der Waals surface area contributed by atoms with Crippen molar-refractivity contribution in [2.24, 2.45) is 0 Å². The standard InChI is InChI=1S/C25H29N3O2/c1-27-14-11-19(12-15-27)30-24-21-9-6-10-23(29-2)20(21)13-16-28-17-22(26-25(24)28)18-7-4-3-5-8-18/h3-10,17,19,24H,11-16H2,1-2H3. The van der Waals surface area contributed by atoms with Crippen molar-refractivity contribution in [2.45, 2.75) is 38.0 Å². The molecule has 0 bridgehead atoms. The minimum Gasteiger partial charge on any atom is -0.496 e. The fourth-order valence-corrected chi connectivity index (χ4v) is 4.67. The average molecular weight is 404 g/mol. The largest absolute Gasteiger partial charge is 0.496 e. The Kier molecular flexibility index (Phi) is 5.32. The zero-order chi connectivity index (χ0) is 20.5. The number of benzene rings is 2. The van der Waals surface area contributed by atoms with Gasteiger partial charge in [-0.05, 0) is 37.9 Å². The molecule has 0 N–H and O–H groups in total. The number of likely N-dealkylation sites (tertiary alicyclic amines) is 1. The van der Waals surface area contributed by atoms with Crippen LogP contribution in [0.2, 0.25) is 0 Å². The van der Waals surface area contributed by atoms with Crippen LogP contribution in [0.25, 0.3) is 11.3 Å². The quantitative estimate of drug-likeness (QED) is 0.651. The summed E-state index contributed by atoms with van der Waals surface area (Å²) in [6.45, 7) is 3.02. The van der Waals surface area contributed by atoms with Gasteiger partial charge in [-0.15, -0.1) is 0 Å². The number of piperidine rings is 1. The van der Waals surface area contributed by atoms with E-state index in [-0.39, 0.29) is 12.2 Å². The SMILES string of the molecule is COc1cccc2c1CCn1cc(-c3ccccc3)nc1C2OC1CCN(C)CC1. The van der Waals surface area contributed by atoms with Gasteiger partial charge in [-0.3, -0.25) is 0 Å². The van der Waals surface area contributed by atoms with E-state index in [1.807, 2.05) is 6.07 Å². The van der Waals surface area contributed by atoms with E-state index in [9.17, 15) is 0 Å². The van der Waals surface area contributed by atoms with Crippen LogP contribution in [0.15, 0.2) is 54.7 Å². The lowest BCUT2D eigenvalue weighted by Crippen LogP contribution is -2.35. The minimum atomic E-state index is -0.177. The first-order valence-corrected chi connectivity index (χ1v) is 10.8. The van der Waals surface area contributed by atoms with E-state index < -0.39 is 0 Å². The van der Waals surface area contributed by atoms with Crippen molar-refractivity contribution in [3.8, 4) is 17.0 Å². The monoisotopic (exact) mass is 403 g/mol. The summed E-state index contributed by atoms with van der Waals surface area (Å²) in [6.07, 6.45) is 5.26. The highest BCUT2D eigenvalue weighted by molar-refractivity contribution is 5.59. The van der Waals surface area contributed by atoms with Crippen molar-refractivity contribution < 1.29 is 9.47 Å². The summed E-state index contributed by atoms with van der Waals surface area (Å²) in [5.41, 5.74) is 4.58. The number of hydrogen-bond acceptors (Lipinski definition) is 4. The number of nitrogens with zero attached hydrogens (tertiary/aromatic N) is 3. The summed E-state index contributed by atoms with van der Waals surface area (Å²) >= 11 is 0. The van der Waals surface area contributed by atoms with Crippen LogP contribution in [0.4, 0.5) is 0 Å². The molecule has 156 valence electrons. The molecule has 1 unspecified atom stereocenters. The van der Waals surface area contributed by atoms with Crippen LogP contribution in [0.3, 0.4) is 0 Å². The number of hydrogen-bond donors (Lipinski definition) is 0. The van der Waals surface area contributed by atoms with E-state index in [1.54, 1.807) is 7.11 Å². The number of aryl methyl sites for hydroxylation is 1. The van der Waals surface area contributed by atoms with Crippen molar-refractivity contribution in [3.05, 3.63) is 71.7 Å². The number of ether oxygens (including phenoxy) is 2. The van der Waals surface area contributed by atoms with Gasteiger partial charge in [-0.2, -0.15) is 0 Å². The van der Waals surface area contributed by atoms with Gasteiger partial charge in [0.25, 0.3) is 0 Å². The van der Waals surface area contributed by atoms with Crippen LogP contribution >= 0.6 is 0 Å². The maximum Gasteiger partial charge on any atom is 0.143 e. The molecule has 1 fully saturated rings. The zero-order valence-corrected chi connectivity index (χ0v) is 17.8. The van der Waals surface area contributed by atoms with Crippen molar-refractivity contribution in [2.75, 3.05) is 27.2 Å². The fraction of sp³-hybridized carbons (Fsp3) is 0.400. The second-order valence-electron chi connectivity index (χ2n) is 8.34.